The van der Waals surface area contributed by atoms with E-state index >= 15 is 0 Å². The van der Waals surface area contributed by atoms with Crippen molar-refractivity contribution in [1.29, 1.82) is 0 Å². The lowest BCUT2D eigenvalue weighted by Gasteiger charge is -2.15. The van der Waals surface area contributed by atoms with Gasteiger partial charge in [0.05, 0.1) is 17.7 Å². The van der Waals surface area contributed by atoms with Crippen LogP contribution in [0.25, 0.3) is 0 Å². The summed E-state index contributed by atoms with van der Waals surface area (Å²) < 4.78 is 33.2. The third kappa shape index (κ3) is 5.89. The molecule has 2 N–H and O–H groups in total. The van der Waals surface area contributed by atoms with Gasteiger partial charge in [0.2, 0.25) is 5.91 Å². The van der Waals surface area contributed by atoms with E-state index in [4.69, 9.17) is 16.3 Å². The van der Waals surface area contributed by atoms with Gasteiger partial charge in [-0.05, 0) is 49.2 Å². The molecule has 0 radical (unpaired) electrons. The Labute approximate surface area is 186 Å². The second kappa shape index (κ2) is 10.0. The van der Waals surface area contributed by atoms with E-state index < -0.39 is 15.9 Å². The second-order valence-electron chi connectivity index (χ2n) is 7.07. The van der Waals surface area contributed by atoms with E-state index in [-0.39, 0.29) is 35.0 Å². The van der Waals surface area contributed by atoms with Crippen LogP contribution in [0.2, 0.25) is 5.02 Å². The number of nitrogens with one attached hydrogen (secondary N) is 2. The molecular weight excluding hydrogens is 442 g/mol. The maximum atomic E-state index is 12.8. The van der Waals surface area contributed by atoms with Gasteiger partial charge in [0.1, 0.15) is 5.75 Å². The minimum Gasteiger partial charge on any atom is -0.495 e. The summed E-state index contributed by atoms with van der Waals surface area (Å²) >= 11 is 5.96. The van der Waals surface area contributed by atoms with Gasteiger partial charge in [0.25, 0.3) is 15.9 Å². The Morgan fingerprint density at radius 1 is 1.13 bits per heavy atom. The number of methoxy groups -OCH3 is 1. The topological polar surface area (TPSA) is 105 Å². The molecule has 8 nitrogen and oxygen atoms in total. The molecule has 3 rings (SSSR count). The van der Waals surface area contributed by atoms with Gasteiger partial charge in [0, 0.05) is 36.6 Å². The molecule has 0 atom stereocenters. The Bertz CT molecular complexity index is 1070. The molecule has 0 aliphatic carbocycles. The van der Waals surface area contributed by atoms with Crippen LogP contribution in [0, 0.1) is 0 Å². The Morgan fingerprint density at radius 3 is 2.58 bits per heavy atom. The number of nitrogens with zero attached hydrogens (tertiary/aromatic N) is 1. The molecule has 31 heavy (non-hydrogen) atoms. The zero-order chi connectivity index (χ0) is 22.4. The molecule has 2 aromatic rings. The average Bonchev–Trinajstić information content (AvgIpc) is 3.29. The van der Waals surface area contributed by atoms with Crippen LogP contribution in [0.1, 0.15) is 29.6 Å². The second-order valence-corrected chi connectivity index (χ2v) is 9.19. The van der Waals surface area contributed by atoms with Gasteiger partial charge < -0.3 is 15.0 Å². The number of sulfonamides is 1. The van der Waals surface area contributed by atoms with Gasteiger partial charge in [-0.3, -0.25) is 14.3 Å². The van der Waals surface area contributed by atoms with Crippen LogP contribution in [0.3, 0.4) is 0 Å². The molecule has 0 aromatic heterocycles. The van der Waals surface area contributed by atoms with Crippen LogP contribution in [0.15, 0.2) is 47.4 Å². The first kappa shape index (κ1) is 22.9. The number of rotatable bonds is 8. The molecule has 10 heteroatoms. The monoisotopic (exact) mass is 465 g/mol. The molecule has 2 amide bonds. The van der Waals surface area contributed by atoms with Crippen LogP contribution in [0.4, 0.5) is 5.69 Å². The van der Waals surface area contributed by atoms with E-state index in [1.807, 2.05) is 0 Å². The first-order valence-electron chi connectivity index (χ1n) is 9.82. The molecule has 1 aliphatic rings. The van der Waals surface area contributed by atoms with Crippen LogP contribution >= 0.6 is 11.6 Å². The number of carbonyl (C=O) groups is 2. The summed E-state index contributed by atoms with van der Waals surface area (Å²) in [4.78, 5) is 26.2. The summed E-state index contributed by atoms with van der Waals surface area (Å²) in [6, 6.07) is 10.2. The zero-order valence-electron chi connectivity index (χ0n) is 17.1. The highest BCUT2D eigenvalue weighted by Crippen LogP contribution is 2.30. The third-order valence-corrected chi connectivity index (χ3v) is 6.49. The van der Waals surface area contributed by atoms with Gasteiger partial charge in [0.15, 0.2) is 0 Å². The number of carbonyl (C=O) groups excluding carboxylic acids is 2. The Kier molecular flexibility index (Phi) is 7.40. The van der Waals surface area contributed by atoms with Gasteiger partial charge >= 0.3 is 0 Å². The van der Waals surface area contributed by atoms with Gasteiger partial charge in [-0.1, -0.05) is 17.7 Å². The first-order chi connectivity index (χ1) is 14.8. The normalized spacial score (nSPS) is 13.7. The number of halogens is 1. The van der Waals surface area contributed by atoms with Crippen molar-refractivity contribution in [3.8, 4) is 5.75 Å². The van der Waals surface area contributed by atoms with Crippen molar-refractivity contribution in [2.24, 2.45) is 0 Å². The largest absolute Gasteiger partial charge is 0.495 e. The van der Waals surface area contributed by atoms with Crippen molar-refractivity contribution >= 4 is 39.1 Å². The molecule has 0 saturated carbocycles. The summed E-state index contributed by atoms with van der Waals surface area (Å²) in [5.74, 6) is -0.134. The van der Waals surface area contributed by atoms with Crippen molar-refractivity contribution in [3.63, 3.8) is 0 Å². The number of ether oxygens (including phenoxy) is 1. The zero-order valence-corrected chi connectivity index (χ0v) is 18.6. The maximum Gasteiger partial charge on any atom is 0.262 e. The third-order valence-electron chi connectivity index (χ3n) is 4.90. The quantitative estimate of drug-likeness (QED) is 0.623. The maximum absolute atomic E-state index is 12.8. The van der Waals surface area contributed by atoms with Crippen molar-refractivity contribution in [1.82, 2.24) is 10.2 Å². The molecule has 1 fully saturated rings. The Hall–Kier alpha value is -2.78. The van der Waals surface area contributed by atoms with Crippen LogP contribution in [0.5, 0.6) is 5.75 Å². The SMILES string of the molecule is COc1ccc(Cl)cc1NS(=O)(=O)c1cccc(C(=O)NCCC(=O)N2CCCC2)c1. The van der Waals surface area contributed by atoms with Gasteiger partial charge in [-0.2, -0.15) is 0 Å². The highest BCUT2D eigenvalue weighted by Gasteiger charge is 2.20. The molecule has 166 valence electrons. The first-order valence-corrected chi connectivity index (χ1v) is 11.7. The number of benzene rings is 2. The van der Waals surface area contributed by atoms with E-state index in [0.29, 0.717) is 10.8 Å². The molecule has 1 aliphatic heterocycles. The number of hydrogen-bond donors (Lipinski definition) is 2. The van der Waals surface area contributed by atoms with E-state index in [2.05, 4.69) is 10.0 Å². The van der Waals surface area contributed by atoms with E-state index in [1.165, 1.54) is 37.4 Å². The average molecular weight is 466 g/mol. The smallest absolute Gasteiger partial charge is 0.262 e. The standard InChI is InChI=1S/C21H24ClN3O5S/c1-30-19-8-7-16(22)14-18(19)24-31(28,29)17-6-4-5-15(13-17)21(27)23-10-9-20(26)25-11-2-3-12-25/h4-8,13-14,24H,2-3,9-12H2,1H3,(H,23,27). The Balaban J connectivity index is 1.66. The summed E-state index contributed by atoms with van der Waals surface area (Å²) in [7, 11) is -2.58. The van der Waals surface area contributed by atoms with Crippen molar-refractivity contribution in [2.75, 3.05) is 31.5 Å². The minimum absolute atomic E-state index is 0.00815. The van der Waals surface area contributed by atoms with Gasteiger partial charge in [-0.25, -0.2) is 8.42 Å². The van der Waals surface area contributed by atoms with Gasteiger partial charge in [-0.15, -0.1) is 0 Å². The Morgan fingerprint density at radius 2 is 1.87 bits per heavy atom. The summed E-state index contributed by atoms with van der Waals surface area (Å²) in [5.41, 5.74) is 0.361. The fourth-order valence-electron chi connectivity index (χ4n) is 3.28. The predicted molar refractivity (Wildman–Crippen MR) is 118 cm³/mol. The number of likely N-dealkylation sites (tertiary alicyclic amines) is 1. The molecule has 1 saturated heterocycles. The summed E-state index contributed by atoms with van der Waals surface area (Å²) in [6.07, 6.45) is 2.22. The lowest BCUT2D eigenvalue weighted by atomic mass is 10.2. The van der Waals surface area contributed by atoms with Crippen LogP contribution in [-0.4, -0.2) is 51.9 Å². The number of hydrogen-bond acceptors (Lipinski definition) is 5. The molecule has 0 bridgehead atoms. The highest BCUT2D eigenvalue weighted by atomic mass is 35.5. The minimum atomic E-state index is -3.99. The predicted octanol–water partition coefficient (Wildman–Crippen LogP) is 2.89. The fourth-order valence-corrected chi connectivity index (χ4v) is 4.56. The van der Waals surface area contributed by atoms with Crippen LogP contribution in [-0.2, 0) is 14.8 Å². The van der Waals surface area contributed by atoms with E-state index in [1.54, 1.807) is 17.0 Å². The van der Waals surface area contributed by atoms with Crippen LogP contribution < -0.4 is 14.8 Å². The molecule has 2 aromatic carbocycles. The highest BCUT2D eigenvalue weighted by molar-refractivity contribution is 7.92. The fraction of sp³-hybridized carbons (Fsp3) is 0.333. The lowest BCUT2D eigenvalue weighted by Crippen LogP contribution is -2.32. The van der Waals surface area contributed by atoms with Crippen molar-refractivity contribution in [2.45, 2.75) is 24.2 Å². The summed E-state index contributed by atoms with van der Waals surface area (Å²) in [6.45, 7) is 1.71. The summed E-state index contributed by atoms with van der Waals surface area (Å²) in [5, 5.41) is 3.01. The van der Waals surface area contributed by atoms with E-state index in [0.717, 1.165) is 25.9 Å². The lowest BCUT2D eigenvalue weighted by molar-refractivity contribution is -0.129. The number of amides is 2. The van der Waals surface area contributed by atoms with Crippen molar-refractivity contribution < 1.29 is 22.7 Å². The molecular formula is C21H24ClN3O5S. The van der Waals surface area contributed by atoms with E-state index in [9.17, 15) is 18.0 Å². The molecule has 0 spiro atoms. The molecule has 1 heterocycles. The van der Waals surface area contributed by atoms with Crippen molar-refractivity contribution in [3.05, 3.63) is 53.1 Å². The number of anilines is 1. The molecule has 0 unspecified atom stereocenters.